The molecule has 0 amide bonds. The van der Waals surface area contributed by atoms with Gasteiger partial charge in [0.15, 0.2) is 0 Å². The second kappa shape index (κ2) is 5.43. The van der Waals surface area contributed by atoms with E-state index >= 15 is 0 Å². The highest BCUT2D eigenvalue weighted by Gasteiger charge is 2.51. The van der Waals surface area contributed by atoms with E-state index in [2.05, 4.69) is 0 Å². The van der Waals surface area contributed by atoms with E-state index in [1.54, 1.807) is 7.11 Å². The summed E-state index contributed by atoms with van der Waals surface area (Å²) >= 11 is 0. The molecule has 0 radical (unpaired) electrons. The van der Waals surface area contributed by atoms with Crippen LogP contribution in [-0.2, 0) is 9.47 Å². The maximum atomic E-state index is 10.5. The number of ether oxygens (including phenoxy) is 2. The Morgan fingerprint density at radius 1 is 1.28 bits per heavy atom. The maximum Gasteiger partial charge on any atom is 0.109 e. The van der Waals surface area contributed by atoms with Gasteiger partial charge in [-0.25, -0.2) is 0 Å². The van der Waals surface area contributed by atoms with Gasteiger partial charge in [-0.3, -0.25) is 0 Å². The lowest BCUT2D eigenvalue weighted by molar-refractivity contribution is -0.141. The quantitative estimate of drug-likeness (QED) is 0.658. The molecule has 3 N–H and O–H groups in total. The Morgan fingerprint density at radius 3 is 2.22 bits per heavy atom. The molecule has 0 bridgehead atoms. The summed E-state index contributed by atoms with van der Waals surface area (Å²) in [6, 6.07) is 0. The molecule has 1 heterocycles. The van der Waals surface area contributed by atoms with Crippen molar-refractivity contribution in [1.29, 1.82) is 0 Å². The van der Waals surface area contributed by atoms with E-state index in [9.17, 15) is 15.3 Å². The average Bonchev–Trinajstić information content (AvgIpc) is 2.59. The van der Waals surface area contributed by atoms with Crippen molar-refractivity contribution >= 4 is 0 Å². The molecule has 0 spiro atoms. The fourth-order valence-electron chi connectivity index (χ4n) is 2.87. The van der Waals surface area contributed by atoms with Crippen LogP contribution in [0.4, 0.5) is 0 Å². The molecule has 5 nitrogen and oxygen atoms in total. The number of hydrogen-bond acceptors (Lipinski definition) is 5. The monoisotopic (exact) mass is 262 g/mol. The standard InChI is InChI=1S/C13H26O5/c1-12(2,7-17-5)11(16)13(3,4)10-9(15)8(14)6-18-10/h8-11,14-16H,6-7H2,1-5H3. The van der Waals surface area contributed by atoms with Gasteiger partial charge in [-0.1, -0.05) is 27.7 Å². The third-order valence-electron chi connectivity index (χ3n) is 3.85. The van der Waals surface area contributed by atoms with Crippen molar-refractivity contribution < 1.29 is 24.8 Å². The van der Waals surface area contributed by atoms with Crippen molar-refractivity contribution in [3.8, 4) is 0 Å². The smallest absolute Gasteiger partial charge is 0.109 e. The summed E-state index contributed by atoms with van der Waals surface area (Å²) in [4.78, 5) is 0. The van der Waals surface area contributed by atoms with Gasteiger partial charge in [-0.15, -0.1) is 0 Å². The van der Waals surface area contributed by atoms with Crippen LogP contribution in [0.1, 0.15) is 27.7 Å². The molecular weight excluding hydrogens is 236 g/mol. The molecule has 0 saturated carbocycles. The van der Waals surface area contributed by atoms with Gasteiger partial charge in [0, 0.05) is 17.9 Å². The van der Waals surface area contributed by atoms with Gasteiger partial charge >= 0.3 is 0 Å². The first-order valence-corrected chi connectivity index (χ1v) is 6.29. The van der Waals surface area contributed by atoms with E-state index in [1.807, 2.05) is 27.7 Å². The van der Waals surface area contributed by atoms with E-state index in [0.717, 1.165) is 0 Å². The topological polar surface area (TPSA) is 79.2 Å². The van der Waals surface area contributed by atoms with Gasteiger partial charge in [-0.05, 0) is 0 Å². The lowest BCUT2D eigenvalue weighted by atomic mass is 9.68. The minimum Gasteiger partial charge on any atom is -0.392 e. The first kappa shape index (κ1) is 15.9. The molecule has 1 aliphatic heterocycles. The van der Waals surface area contributed by atoms with Crippen molar-refractivity contribution in [2.24, 2.45) is 10.8 Å². The predicted octanol–water partition coefficient (Wildman–Crippen LogP) is 0.167. The number of aliphatic hydroxyl groups excluding tert-OH is 3. The van der Waals surface area contributed by atoms with Crippen LogP contribution in [0.25, 0.3) is 0 Å². The molecule has 1 fully saturated rings. The Bertz CT molecular complexity index is 277. The largest absolute Gasteiger partial charge is 0.392 e. The van der Waals surface area contributed by atoms with E-state index in [0.29, 0.717) is 6.61 Å². The van der Waals surface area contributed by atoms with Gasteiger partial charge in [0.1, 0.15) is 12.2 Å². The van der Waals surface area contributed by atoms with Crippen LogP contribution in [0.2, 0.25) is 0 Å². The molecule has 5 heteroatoms. The highest BCUT2D eigenvalue weighted by atomic mass is 16.5. The Balaban J connectivity index is 2.85. The number of methoxy groups -OCH3 is 1. The fraction of sp³-hybridized carbons (Fsp3) is 1.00. The normalized spacial score (nSPS) is 31.7. The van der Waals surface area contributed by atoms with Crippen LogP contribution in [0.3, 0.4) is 0 Å². The molecule has 18 heavy (non-hydrogen) atoms. The molecule has 1 rings (SSSR count). The van der Waals surface area contributed by atoms with Crippen molar-refractivity contribution in [2.45, 2.75) is 52.1 Å². The van der Waals surface area contributed by atoms with Crippen LogP contribution in [-0.4, -0.2) is 60.1 Å². The van der Waals surface area contributed by atoms with Crippen LogP contribution in [0.5, 0.6) is 0 Å². The molecule has 0 aromatic rings. The molecule has 108 valence electrons. The van der Waals surface area contributed by atoms with Gasteiger partial charge in [-0.2, -0.15) is 0 Å². The second-order valence-electron chi connectivity index (χ2n) is 6.46. The zero-order chi connectivity index (χ0) is 14.1. The minimum atomic E-state index is -0.965. The lowest BCUT2D eigenvalue weighted by Crippen LogP contribution is -2.53. The Kier molecular flexibility index (Phi) is 4.78. The number of hydrogen-bond donors (Lipinski definition) is 3. The van der Waals surface area contributed by atoms with Crippen molar-refractivity contribution in [3.05, 3.63) is 0 Å². The molecule has 4 unspecified atom stereocenters. The summed E-state index contributed by atoms with van der Waals surface area (Å²) in [6.45, 7) is 7.99. The molecule has 0 aromatic carbocycles. The van der Waals surface area contributed by atoms with E-state index < -0.39 is 35.2 Å². The summed E-state index contributed by atoms with van der Waals surface area (Å²) in [7, 11) is 1.59. The SMILES string of the molecule is COCC(C)(C)C(O)C(C)(C)C1OCC(O)C1O. The Morgan fingerprint density at radius 2 is 1.83 bits per heavy atom. The Labute approximate surface area is 109 Å². The van der Waals surface area contributed by atoms with E-state index in [-0.39, 0.29) is 6.61 Å². The van der Waals surface area contributed by atoms with Gasteiger partial charge in [0.2, 0.25) is 0 Å². The van der Waals surface area contributed by atoms with Gasteiger partial charge in [0.25, 0.3) is 0 Å². The van der Waals surface area contributed by atoms with Crippen molar-refractivity contribution in [3.63, 3.8) is 0 Å². The third kappa shape index (κ3) is 2.86. The molecular formula is C13H26O5. The Hall–Kier alpha value is -0.200. The average molecular weight is 262 g/mol. The number of aliphatic hydroxyl groups is 3. The third-order valence-corrected chi connectivity index (χ3v) is 3.85. The fourth-order valence-corrected chi connectivity index (χ4v) is 2.87. The highest BCUT2D eigenvalue weighted by molar-refractivity contribution is 5.00. The summed E-state index contributed by atoms with van der Waals surface area (Å²) in [5.41, 5.74) is -1.15. The maximum absolute atomic E-state index is 10.5. The lowest BCUT2D eigenvalue weighted by Gasteiger charge is -2.44. The number of rotatable bonds is 5. The molecule has 0 aliphatic carbocycles. The molecule has 4 atom stereocenters. The molecule has 0 aromatic heterocycles. The van der Waals surface area contributed by atoms with Gasteiger partial charge in [0.05, 0.1) is 25.4 Å². The minimum absolute atomic E-state index is 0.104. The van der Waals surface area contributed by atoms with Crippen LogP contribution >= 0.6 is 0 Å². The van der Waals surface area contributed by atoms with E-state index in [4.69, 9.17) is 9.47 Å². The summed E-state index contributed by atoms with van der Waals surface area (Å²) in [5.74, 6) is 0. The highest BCUT2D eigenvalue weighted by Crippen LogP contribution is 2.41. The van der Waals surface area contributed by atoms with Gasteiger partial charge < -0.3 is 24.8 Å². The van der Waals surface area contributed by atoms with Crippen molar-refractivity contribution in [1.82, 2.24) is 0 Å². The van der Waals surface area contributed by atoms with Crippen molar-refractivity contribution in [2.75, 3.05) is 20.3 Å². The van der Waals surface area contributed by atoms with E-state index in [1.165, 1.54) is 0 Å². The van der Waals surface area contributed by atoms with Crippen LogP contribution < -0.4 is 0 Å². The summed E-state index contributed by atoms with van der Waals surface area (Å²) in [5, 5.41) is 30.0. The summed E-state index contributed by atoms with van der Waals surface area (Å²) in [6.07, 6.45) is -3.16. The van der Waals surface area contributed by atoms with Crippen LogP contribution in [0.15, 0.2) is 0 Å². The predicted molar refractivity (Wildman–Crippen MR) is 67.2 cm³/mol. The first-order chi connectivity index (χ1) is 8.14. The van der Waals surface area contributed by atoms with Crippen LogP contribution in [0, 0.1) is 10.8 Å². The zero-order valence-corrected chi connectivity index (χ0v) is 11.9. The second-order valence-corrected chi connectivity index (χ2v) is 6.46. The molecule has 1 saturated heterocycles. The molecule has 1 aliphatic rings. The zero-order valence-electron chi connectivity index (χ0n) is 11.9. The first-order valence-electron chi connectivity index (χ1n) is 6.29. The summed E-state index contributed by atoms with van der Waals surface area (Å²) < 4.78 is 10.6.